The molecule has 0 fully saturated rings. The van der Waals surface area contributed by atoms with Crippen molar-refractivity contribution < 1.29 is 4.42 Å². The zero-order chi connectivity index (χ0) is 12.4. The number of hydrogen-bond acceptors (Lipinski definition) is 2. The molecule has 0 bridgehead atoms. The summed E-state index contributed by atoms with van der Waals surface area (Å²) in [5, 5.41) is 0. The van der Waals surface area contributed by atoms with Crippen molar-refractivity contribution in [2.45, 2.75) is 6.92 Å². The number of rotatable bonds is 0. The van der Waals surface area contributed by atoms with E-state index in [2.05, 4.69) is 16.8 Å². The summed E-state index contributed by atoms with van der Waals surface area (Å²) in [6, 6.07) is 15.7. The van der Waals surface area contributed by atoms with Crippen molar-refractivity contribution in [2.24, 2.45) is 0 Å². The van der Waals surface area contributed by atoms with Crippen LogP contribution in [0.1, 0.15) is 17.0 Å². The van der Waals surface area contributed by atoms with Gasteiger partial charge in [-0.1, -0.05) is 30.2 Å². The van der Waals surface area contributed by atoms with Crippen molar-refractivity contribution in [3.05, 3.63) is 65.5 Å². The number of aryl methyl sites for hydroxylation is 1. The second-order valence-corrected chi connectivity index (χ2v) is 4.11. The highest BCUT2D eigenvalue weighted by molar-refractivity contribution is 5.73. The van der Waals surface area contributed by atoms with Crippen LogP contribution in [0.4, 0.5) is 0 Å². The summed E-state index contributed by atoms with van der Waals surface area (Å²) < 4.78 is 5.56. The molecule has 1 heterocycles. The standard InChI is InChI=1S/C16H11NO/c1-12-7-9-15-14(11-12)17-16(18-15)10-8-13-5-3-2-4-6-13/h2-7,9,11H,1H3. The highest BCUT2D eigenvalue weighted by Crippen LogP contribution is 2.16. The van der Waals surface area contributed by atoms with Crippen molar-refractivity contribution in [3.8, 4) is 11.8 Å². The lowest BCUT2D eigenvalue weighted by molar-refractivity contribution is 0.586. The maximum absolute atomic E-state index is 5.56. The molecule has 1 aromatic heterocycles. The predicted molar refractivity (Wildman–Crippen MR) is 71.2 cm³/mol. The van der Waals surface area contributed by atoms with E-state index in [0.29, 0.717) is 5.89 Å². The van der Waals surface area contributed by atoms with Gasteiger partial charge in [0.1, 0.15) is 5.52 Å². The molecule has 0 N–H and O–H groups in total. The first-order chi connectivity index (χ1) is 8.81. The number of nitrogens with zero attached hydrogens (tertiary/aromatic N) is 1. The molecular weight excluding hydrogens is 222 g/mol. The van der Waals surface area contributed by atoms with E-state index in [1.54, 1.807) is 0 Å². The van der Waals surface area contributed by atoms with Gasteiger partial charge in [-0.25, -0.2) is 4.98 Å². The Balaban J connectivity index is 1.99. The Morgan fingerprint density at radius 3 is 2.67 bits per heavy atom. The van der Waals surface area contributed by atoms with E-state index in [1.807, 2.05) is 55.5 Å². The number of oxazole rings is 1. The van der Waals surface area contributed by atoms with Crippen LogP contribution in [0.2, 0.25) is 0 Å². The molecule has 86 valence electrons. The van der Waals surface area contributed by atoms with Gasteiger partial charge < -0.3 is 4.42 Å². The molecular formula is C16H11NO. The van der Waals surface area contributed by atoms with E-state index in [0.717, 1.165) is 16.7 Å². The molecule has 0 unspecified atom stereocenters. The maximum atomic E-state index is 5.56. The second-order valence-electron chi connectivity index (χ2n) is 4.11. The lowest BCUT2D eigenvalue weighted by Gasteiger charge is -1.87. The smallest absolute Gasteiger partial charge is 0.274 e. The first-order valence-corrected chi connectivity index (χ1v) is 5.75. The van der Waals surface area contributed by atoms with Crippen LogP contribution in [0.5, 0.6) is 0 Å². The average Bonchev–Trinajstić information content (AvgIpc) is 2.79. The molecule has 0 saturated heterocycles. The van der Waals surface area contributed by atoms with Crippen molar-refractivity contribution in [1.82, 2.24) is 4.98 Å². The highest BCUT2D eigenvalue weighted by atomic mass is 16.3. The molecule has 0 aliphatic carbocycles. The number of hydrogen-bond donors (Lipinski definition) is 0. The molecule has 0 spiro atoms. The minimum absolute atomic E-state index is 0.458. The number of benzene rings is 2. The van der Waals surface area contributed by atoms with E-state index in [-0.39, 0.29) is 0 Å². The molecule has 3 rings (SSSR count). The first-order valence-electron chi connectivity index (χ1n) is 5.75. The maximum Gasteiger partial charge on any atom is 0.274 e. The molecule has 18 heavy (non-hydrogen) atoms. The Hall–Kier alpha value is -2.53. The Morgan fingerprint density at radius 1 is 1.00 bits per heavy atom. The predicted octanol–water partition coefficient (Wildman–Crippen LogP) is 3.54. The first kappa shape index (κ1) is 10.6. The van der Waals surface area contributed by atoms with Gasteiger partial charge in [-0.3, -0.25) is 0 Å². The zero-order valence-corrected chi connectivity index (χ0v) is 9.97. The van der Waals surface area contributed by atoms with Crippen LogP contribution in [0.15, 0.2) is 52.9 Å². The van der Waals surface area contributed by atoms with Crippen molar-refractivity contribution >= 4 is 11.1 Å². The minimum atomic E-state index is 0.458. The summed E-state index contributed by atoms with van der Waals surface area (Å²) in [6.45, 7) is 2.03. The van der Waals surface area contributed by atoms with Crippen molar-refractivity contribution in [2.75, 3.05) is 0 Å². The Bertz CT molecular complexity index is 745. The summed E-state index contributed by atoms with van der Waals surface area (Å²) in [5.41, 5.74) is 3.75. The van der Waals surface area contributed by atoms with E-state index in [9.17, 15) is 0 Å². The normalized spacial score (nSPS) is 10.1. The summed E-state index contributed by atoms with van der Waals surface area (Å²) in [7, 11) is 0. The molecule has 0 saturated carbocycles. The largest absolute Gasteiger partial charge is 0.430 e. The van der Waals surface area contributed by atoms with Gasteiger partial charge in [0.2, 0.25) is 0 Å². The third kappa shape index (κ3) is 2.11. The van der Waals surface area contributed by atoms with Gasteiger partial charge in [-0.05, 0) is 42.7 Å². The van der Waals surface area contributed by atoms with Crippen molar-refractivity contribution in [3.63, 3.8) is 0 Å². The summed E-state index contributed by atoms with van der Waals surface area (Å²) in [6.07, 6.45) is 0. The number of aromatic nitrogens is 1. The molecule has 0 aliphatic heterocycles. The fourth-order valence-corrected chi connectivity index (χ4v) is 1.74. The van der Waals surface area contributed by atoms with Crippen LogP contribution in [-0.2, 0) is 0 Å². The van der Waals surface area contributed by atoms with Gasteiger partial charge in [0.25, 0.3) is 5.89 Å². The van der Waals surface area contributed by atoms with E-state index in [1.165, 1.54) is 5.56 Å². The second kappa shape index (κ2) is 4.38. The lowest BCUT2D eigenvalue weighted by Crippen LogP contribution is -1.74. The fraction of sp³-hybridized carbons (Fsp3) is 0.0625. The van der Waals surface area contributed by atoms with Gasteiger partial charge >= 0.3 is 0 Å². The Morgan fingerprint density at radius 2 is 1.83 bits per heavy atom. The summed E-state index contributed by atoms with van der Waals surface area (Å²) in [4.78, 5) is 4.35. The van der Waals surface area contributed by atoms with Gasteiger partial charge in [0.05, 0.1) is 0 Å². The van der Waals surface area contributed by atoms with Gasteiger partial charge in [0, 0.05) is 5.56 Å². The van der Waals surface area contributed by atoms with Gasteiger partial charge in [-0.15, -0.1) is 0 Å². The van der Waals surface area contributed by atoms with Crippen LogP contribution in [-0.4, -0.2) is 4.98 Å². The van der Waals surface area contributed by atoms with E-state index in [4.69, 9.17) is 4.42 Å². The molecule has 2 heteroatoms. The van der Waals surface area contributed by atoms with Crippen LogP contribution in [0.3, 0.4) is 0 Å². The molecule has 2 aromatic carbocycles. The van der Waals surface area contributed by atoms with E-state index >= 15 is 0 Å². The van der Waals surface area contributed by atoms with E-state index < -0.39 is 0 Å². The average molecular weight is 233 g/mol. The number of fused-ring (bicyclic) bond motifs is 1. The Labute approximate surface area is 105 Å². The third-order valence-electron chi connectivity index (χ3n) is 2.63. The zero-order valence-electron chi connectivity index (χ0n) is 9.97. The van der Waals surface area contributed by atoms with Crippen LogP contribution in [0.25, 0.3) is 11.1 Å². The van der Waals surface area contributed by atoms with Crippen LogP contribution >= 0.6 is 0 Å². The molecule has 0 radical (unpaired) electrons. The van der Waals surface area contributed by atoms with Crippen LogP contribution < -0.4 is 0 Å². The topological polar surface area (TPSA) is 26.0 Å². The summed E-state index contributed by atoms with van der Waals surface area (Å²) >= 11 is 0. The quantitative estimate of drug-likeness (QED) is 0.555. The molecule has 0 amide bonds. The minimum Gasteiger partial charge on any atom is -0.430 e. The molecule has 0 atom stereocenters. The van der Waals surface area contributed by atoms with Crippen molar-refractivity contribution in [1.29, 1.82) is 0 Å². The SMILES string of the molecule is Cc1ccc2oc(C#Cc3ccccc3)nc2c1. The van der Waals surface area contributed by atoms with Crippen LogP contribution in [0, 0.1) is 18.8 Å². The highest BCUT2D eigenvalue weighted by Gasteiger charge is 2.02. The molecule has 0 aliphatic rings. The summed E-state index contributed by atoms with van der Waals surface area (Å²) in [5.74, 6) is 6.43. The Kier molecular flexibility index (Phi) is 2.59. The van der Waals surface area contributed by atoms with Gasteiger partial charge in [-0.2, -0.15) is 0 Å². The fourth-order valence-electron chi connectivity index (χ4n) is 1.74. The molecule has 2 nitrogen and oxygen atoms in total. The van der Waals surface area contributed by atoms with Gasteiger partial charge in [0.15, 0.2) is 5.58 Å². The third-order valence-corrected chi connectivity index (χ3v) is 2.63. The lowest BCUT2D eigenvalue weighted by atomic mass is 10.2. The molecule has 3 aromatic rings. The monoisotopic (exact) mass is 233 g/mol.